The van der Waals surface area contributed by atoms with Gasteiger partial charge in [0.25, 0.3) is 0 Å². The summed E-state index contributed by atoms with van der Waals surface area (Å²) < 4.78 is 26.9. The van der Waals surface area contributed by atoms with Gasteiger partial charge in [-0.05, 0) is 50.3 Å². The molecular weight excluding hydrogens is 296 g/mol. The normalized spacial score (nSPS) is 22.7. The SMILES string of the molecule is Cc1ccc(S(=O)(=O)N2CCC[C@@H]([C@@H](C)N)C2)c(Cl)c1. The number of piperidine rings is 1. The molecule has 1 aliphatic rings. The summed E-state index contributed by atoms with van der Waals surface area (Å²) in [6.07, 6.45) is 1.82. The van der Waals surface area contributed by atoms with Gasteiger partial charge in [-0.15, -0.1) is 0 Å². The van der Waals surface area contributed by atoms with Gasteiger partial charge in [-0.1, -0.05) is 17.7 Å². The van der Waals surface area contributed by atoms with Crippen molar-refractivity contribution in [3.63, 3.8) is 0 Å². The van der Waals surface area contributed by atoms with Crippen molar-refractivity contribution in [1.29, 1.82) is 0 Å². The molecule has 112 valence electrons. The predicted octanol–water partition coefficient (Wildman–Crippen LogP) is 2.40. The molecule has 2 atom stereocenters. The highest BCUT2D eigenvalue weighted by molar-refractivity contribution is 7.89. The lowest BCUT2D eigenvalue weighted by Gasteiger charge is -2.33. The number of rotatable bonds is 3. The third-order valence-electron chi connectivity index (χ3n) is 3.87. The minimum atomic E-state index is -3.53. The number of hydrogen-bond acceptors (Lipinski definition) is 3. The van der Waals surface area contributed by atoms with Crippen LogP contribution in [0.25, 0.3) is 0 Å². The number of benzene rings is 1. The molecule has 0 unspecified atom stereocenters. The van der Waals surface area contributed by atoms with Gasteiger partial charge in [-0.2, -0.15) is 4.31 Å². The molecular formula is C14H21ClN2O2S. The van der Waals surface area contributed by atoms with Crippen LogP contribution in [0.15, 0.2) is 23.1 Å². The molecule has 0 spiro atoms. The van der Waals surface area contributed by atoms with Crippen molar-refractivity contribution >= 4 is 21.6 Å². The van der Waals surface area contributed by atoms with Gasteiger partial charge in [0, 0.05) is 19.1 Å². The first kappa shape index (κ1) is 15.8. The highest BCUT2D eigenvalue weighted by atomic mass is 35.5. The highest BCUT2D eigenvalue weighted by Gasteiger charge is 2.32. The molecule has 1 aliphatic heterocycles. The Bertz CT molecular complexity index is 587. The van der Waals surface area contributed by atoms with E-state index in [1.165, 1.54) is 4.31 Å². The zero-order chi connectivity index (χ0) is 14.9. The van der Waals surface area contributed by atoms with Crippen LogP contribution in [0.1, 0.15) is 25.3 Å². The van der Waals surface area contributed by atoms with Crippen molar-refractivity contribution in [2.45, 2.75) is 37.6 Å². The van der Waals surface area contributed by atoms with Crippen LogP contribution in [-0.4, -0.2) is 31.9 Å². The summed E-state index contributed by atoms with van der Waals surface area (Å²) in [7, 11) is -3.53. The van der Waals surface area contributed by atoms with Gasteiger partial charge < -0.3 is 5.73 Å². The third kappa shape index (κ3) is 3.17. The first-order valence-electron chi connectivity index (χ1n) is 6.84. The quantitative estimate of drug-likeness (QED) is 0.931. The van der Waals surface area contributed by atoms with E-state index in [9.17, 15) is 8.42 Å². The van der Waals surface area contributed by atoms with Crippen molar-refractivity contribution in [3.05, 3.63) is 28.8 Å². The number of halogens is 1. The number of nitrogens with two attached hydrogens (primary N) is 1. The third-order valence-corrected chi connectivity index (χ3v) is 6.22. The topological polar surface area (TPSA) is 63.4 Å². The van der Waals surface area contributed by atoms with E-state index in [1.807, 2.05) is 13.8 Å². The van der Waals surface area contributed by atoms with E-state index in [0.717, 1.165) is 18.4 Å². The summed E-state index contributed by atoms with van der Waals surface area (Å²) in [6, 6.07) is 5.04. The van der Waals surface area contributed by atoms with E-state index in [-0.39, 0.29) is 21.9 Å². The molecule has 0 amide bonds. The molecule has 0 aromatic heterocycles. The van der Waals surface area contributed by atoms with E-state index in [2.05, 4.69) is 0 Å². The van der Waals surface area contributed by atoms with E-state index in [4.69, 9.17) is 17.3 Å². The largest absolute Gasteiger partial charge is 0.328 e. The van der Waals surface area contributed by atoms with E-state index in [0.29, 0.717) is 13.1 Å². The van der Waals surface area contributed by atoms with Crippen molar-refractivity contribution in [2.75, 3.05) is 13.1 Å². The Labute approximate surface area is 126 Å². The first-order chi connectivity index (χ1) is 9.32. The fourth-order valence-electron chi connectivity index (χ4n) is 2.58. The Hall–Kier alpha value is -0.620. The van der Waals surface area contributed by atoms with E-state index in [1.54, 1.807) is 18.2 Å². The minimum absolute atomic E-state index is 0.00138. The fourth-order valence-corrected chi connectivity index (χ4v) is 4.68. The van der Waals surface area contributed by atoms with E-state index >= 15 is 0 Å². The van der Waals surface area contributed by atoms with Crippen molar-refractivity contribution in [3.8, 4) is 0 Å². The summed E-state index contributed by atoms with van der Waals surface area (Å²) in [6.45, 7) is 4.83. The molecule has 0 bridgehead atoms. The van der Waals surface area contributed by atoms with Crippen LogP contribution in [0.4, 0.5) is 0 Å². The van der Waals surface area contributed by atoms with Gasteiger partial charge in [0.05, 0.1) is 5.02 Å². The Morgan fingerprint density at radius 3 is 2.75 bits per heavy atom. The van der Waals surface area contributed by atoms with Gasteiger partial charge in [0.1, 0.15) is 4.90 Å². The maximum atomic E-state index is 12.7. The van der Waals surface area contributed by atoms with Gasteiger partial charge >= 0.3 is 0 Å². The number of nitrogens with zero attached hydrogens (tertiary/aromatic N) is 1. The molecule has 0 radical (unpaired) electrons. The zero-order valence-electron chi connectivity index (χ0n) is 11.8. The molecule has 2 N–H and O–H groups in total. The second kappa shape index (κ2) is 6.02. The lowest BCUT2D eigenvalue weighted by Crippen LogP contribution is -2.45. The van der Waals surface area contributed by atoms with Gasteiger partial charge in [-0.25, -0.2) is 8.42 Å². The van der Waals surface area contributed by atoms with E-state index < -0.39 is 10.0 Å². The van der Waals surface area contributed by atoms with Crippen LogP contribution < -0.4 is 5.73 Å². The van der Waals surface area contributed by atoms with Gasteiger partial charge in [0.2, 0.25) is 10.0 Å². The lowest BCUT2D eigenvalue weighted by atomic mass is 9.93. The van der Waals surface area contributed by atoms with Crippen LogP contribution in [0, 0.1) is 12.8 Å². The summed E-state index contributed by atoms with van der Waals surface area (Å²) in [5, 5.41) is 0.285. The Morgan fingerprint density at radius 2 is 2.15 bits per heavy atom. The number of hydrogen-bond donors (Lipinski definition) is 1. The lowest BCUT2D eigenvalue weighted by molar-refractivity contribution is 0.243. The second-order valence-corrected chi connectivity index (χ2v) is 7.87. The summed E-state index contributed by atoms with van der Waals surface area (Å²) in [5.74, 6) is 0.211. The molecule has 1 fully saturated rings. The molecule has 20 heavy (non-hydrogen) atoms. The molecule has 0 saturated carbocycles. The van der Waals surface area contributed by atoms with Gasteiger partial charge in [0.15, 0.2) is 0 Å². The predicted molar refractivity (Wildman–Crippen MR) is 81.3 cm³/mol. The Morgan fingerprint density at radius 1 is 1.45 bits per heavy atom. The summed E-state index contributed by atoms with van der Waals surface area (Å²) in [4.78, 5) is 0.190. The smallest absolute Gasteiger partial charge is 0.244 e. The Kier molecular flexibility index (Phi) is 4.74. The molecule has 2 rings (SSSR count). The standard InChI is InChI=1S/C14H21ClN2O2S/c1-10-5-6-14(13(15)8-10)20(18,19)17-7-3-4-12(9-17)11(2)16/h5-6,8,11-12H,3-4,7,9,16H2,1-2H3/t11-,12-/m1/s1. The average molecular weight is 317 g/mol. The maximum absolute atomic E-state index is 12.7. The molecule has 1 aromatic rings. The molecule has 1 saturated heterocycles. The van der Waals surface area contributed by atoms with Crippen LogP contribution in [0.5, 0.6) is 0 Å². The monoisotopic (exact) mass is 316 g/mol. The number of aryl methyl sites for hydroxylation is 1. The Balaban J connectivity index is 2.30. The minimum Gasteiger partial charge on any atom is -0.328 e. The van der Waals surface area contributed by atoms with Crippen molar-refractivity contribution < 1.29 is 8.42 Å². The first-order valence-corrected chi connectivity index (χ1v) is 8.66. The summed E-state index contributed by atoms with van der Waals surface area (Å²) >= 11 is 6.10. The highest BCUT2D eigenvalue weighted by Crippen LogP contribution is 2.29. The zero-order valence-corrected chi connectivity index (χ0v) is 13.4. The van der Waals surface area contributed by atoms with Crippen LogP contribution in [-0.2, 0) is 10.0 Å². The van der Waals surface area contributed by atoms with Crippen LogP contribution >= 0.6 is 11.6 Å². The second-order valence-electron chi connectivity index (χ2n) is 5.56. The van der Waals surface area contributed by atoms with Crippen molar-refractivity contribution in [2.24, 2.45) is 11.7 Å². The molecule has 6 heteroatoms. The van der Waals surface area contributed by atoms with Crippen LogP contribution in [0.2, 0.25) is 5.02 Å². The molecule has 1 aromatic carbocycles. The van der Waals surface area contributed by atoms with Crippen molar-refractivity contribution in [1.82, 2.24) is 4.31 Å². The van der Waals surface area contributed by atoms with Crippen LogP contribution in [0.3, 0.4) is 0 Å². The summed E-state index contributed by atoms with van der Waals surface area (Å²) in [5.41, 5.74) is 6.86. The molecule has 4 nitrogen and oxygen atoms in total. The fraction of sp³-hybridized carbons (Fsp3) is 0.571. The van der Waals surface area contributed by atoms with Gasteiger partial charge in [-0.3, -0.25) is 0 Å². The molecule has 1 heterocycles. The number of sulfonamides is 1. The average Bonchev–Trinajstić information content (AvgIpc) is 2.38. The maximum Gasteiger partial charge on any atom is 0.244 e. The molecule has 0 aliphatic carbocycles.